The molecule has 1 aromatic carbocycles. The zero-order valence-corrected chi connectivity index (χ0v) is 7.86. The van der Waals surface area contributed by atoms with Gasteiger partial charge in [-0.1, -0.05) is 18.2 Å². The summed E-state index contributed by atoms with van der Waals surface area (Å²) in [5, 5.41) is 1.63. The normalized spacial score (nSPS) is 18.1. The number of rotatable bonds is 0. The summed E-state index contributed by atoms with van der Waals surface area (Å²) in [5.41, 5.74) is 1.13. The van der Waals surface area contributed by atoms with Crippen LogP contribution in [0, 0.1) is 0 Å². The van der Waals surface area contributed by atoms with Crippen LogP contribution in [0.4, 0.5) is 0 Å². The lowest BCUT2D eigenvalue weighted by atomic mass is 9.96. The van der Waals surface area contributed by atoms with Crippen LogP contribution < -0.4 is 10.6 Å². The number of carbonyl (C=O) groups excluding carboxylic acids is 2. The van der Waals surface area contributed by atoms with Gasteiger partial charge < -0.3 is 0 Å². The number of fused-ring (bicyclic) bond motifs is 2. The Bertz CT molecular complexity index is 638. The van der Waals surface area contributed by atoms with Gasteiger partial charge in [0.25, 0.3) is 0 Å². The minimum atomic E-state index is -0.157. The molecule has 0 radical (unpaired) electrons. The fourth-order valence-electron chi connectivity index (χ4n) is 1.95. The van der Waals surface area contributed by atoms with E-state index in [1.54, 1.807) is 0 Å². The molecule has 3 nitrogen and oxygen atoms in total. The van der Waals surface area contributed by atoms with Crippen molar-refractivity contribution in [2.75, 3.05) is 0 Å². The van der Waals surface area contributed by atoms with Crippen molar-refractivity contribution in [2.45, 2.75) is 6.42 Å². The Balaban J connectivity index is 2.46. The van der Waals surface area contributed by atoms with E-state index in [-0.39, 0.29) is 18.0 Å². The number of ketones is 2. The molecule has 0 unspecified atom stereocenters. The second kappa shape index (κ2) is 2.73. The van der Waals surface area contributed by atoms with Crippen LogP contribution in [0.25, 0.3) is 5.57 Å². The molecule has 1 aliphatic carbocycles. The van der Waals surface area contributed by atoms with Gasteiger partial charge in [-0.3, -0.25) is 9.59 Å². The van der Waals surface area contributed by atoms with E-state index >= 15 is 0 Å². The molecule has 3 heteroatoms. The summed E-state index contributed by atoms with van der Waals surface area (Å²) < 4.78 is 0. The summed E-state index contributed by atoms with van der Waals surface area (Å²) in [6.45, 7) is 0. The summed E-state index contributed by atoms with van der Waals surface area (Å²) in [5.74, 6) is -0.276. The molecule has 0 saturated carbocycles. The Labute approximate surface area is 85.4 Å². The molecule has 0 aromatic heterocycles. The van der Waals surface area contributed by atoms with Crippen LogP contribution in [0.15, 0.2) is 41.0 Å². The molecule has 0 N–H and O–H groups in total. The summed E-state index contributed by atoms with van der Waals surface area (Å²) in [7, 11) is 0. The Hall–Kier alpha value is -2.03. The van der Waals surface area contributed by atoms with E-state index in [0.717, 1.165) is 10.6 Å². The maximum Gasteiger partial charge on any atom is 0.173 e. The molecule has 15 heavy (non-hydrogen) atoms. The predicted octanol–water partition coefficient (Wildman–Crippen LogP) is -0.104. The molecule has 0 fully saturated rings. The molecule has 1 aromatic rings. The van der Waals surface area contributed by atoms with Crippen LogP contribution in [0.2, 0.25) is 0 Å². The molecule has 0 amide bonds. The van der Waals surface area contributed by atoms with Crippen molar-refractivity contribution in [2.24, 2.45) is 4.99 Å². The van der Waals surface area contributed by atoms with Crippen LogP contribution in [0.1, 0.15) is 6.42 Å². The summed E-state index contributed by atoms with van der Waals surface area (Å²) in [4.78, 5) is 27.1. The second-order valence-corrected chi connectivity index (χ2v) is 3.60. The van der Waals surface area contributed by atoms with Gasteiger partial charge >= 0.3 is 0 Å². The highest BCUT2D eigenvalue weighted by atomic mass is 16.1. The smallest absolute Gasteiger partial charge is 0.173 e. The van der Waals surface area contributed by atoms with Gasteiger partial charge in [0.1, 0.15) is 0 Å². The quantitative estimate of drug-likeness (QED) is 0.545. The summed E-state index contributed by atoms with van der Waals surface area (Å²) in [6, 6.07) is 7.45. The first-order chi connectivity index (χ1) is 7.25. The third-order valence-electron chi connectivity index (χ3n) is 2.58. The molecule has 2 aliphatic rings. The van der Waals surface area contributed by atoms with Gasteiger partial charge in [-0.25, -0.2) is 4.99 Å². The van der Waals surface area contributed by atoms with Crippen LogP contribution in [0.3, 0.4) is 0 Å². The Morgan fingerprint density at radius 1 is 1.13 bits per heavy atom. The van der Waals surface area contributed by atoms with Gasteiger partial charge in [-0.15, -0.1) is 0 Å². The molecular formula is C12H7NO2. The number of hydrogen-bond donors (Lipinski definition) is 0. The van der Waals surface area contributed by atoms with Crippen molar-refractivity contribution >= 4 is 17.1 Å². The maximum atomic E-state index is 11.7. The molecule has 0 bridgehead atoms. The SMILES string of the molecule is O=C1C=C2N=c3ccccc3=C2C(=O)C1. The minimum absolute atomic E-state index is 0.0251. The standard InChI is InChI=1S/C12H7NO2/c14-7-5-10-12(11(15)6-7)8-3-1-2-4-9(8)13-10/h1-5H,6H2. The van der Waals surface area contributed by atoms with Gasteiger partial charge in [0, 0.05) is 11.3 Å². The maximum absolute atomic E-state index is 11.7. The zero-order chi connectivity index (χ0) is 10.4. The van der Waals surface area contributed by atoms with E-state index in [2.05, 4.69) is 4.99 Å². The number of para-hydroxylation sites is 1. The van der Waals surface area contributed by atoms with Crippen molar-refractivity contribution in [1.82, 2.24) is 0 Å². The van der Waals surface area contributed by atoms with Crippen molar-refractivity contribution in [3.8, 4) is 0 Å². The lowest BCUT2D eigenvalue weighted by molar-refractivity contribution is -0.121. The molecule has 0 saturated heterocycles. The average molecular weight is 197 g/mol. The van der Waals surface area contributed by atoms with Crippen molar-refractivity contribution in [3.63, 3.8) is 0 Å². The molecule has 3 rings (SSSR count). The van der Waals surface area contributed by atoms with Crippen molar-refractivity contribution in [3.05, 3.63) is 46.6 Å². The van der Waals surface area contributed by atoms with E-state index in [4.69, 9.17) is 0 Å². The summed E-state index contributed by atoms with van der Waals surface area (Å²) in [6.07, 6.45) is 1.43. The average Bonchev–Trinajstić information content (AvgIpc) is 2.54. The molecule has 1 heterocycles. The number of hydrogen-bond acceptors (Lipinski definition) is 3. The lowest BCUT2D eigenvalue weighted by Crippen LogP contribution is -2.26. The van der Waals surface area contributed by atoms with Crippen molar-refractivity contribution < 1.29 is 9.59 Å². The van der Waals surface area contributed by atoms with Crippen LogP contribution in [-0.4, -0.2) is 11.6 Å². The highest BCUT2D eigenvalue weighted by molar-refractivity contribution is 6.30. The number of Topliss-reactive ketones (excluding diaryl/α,β-unsaturated/α-hetero) is 1. The van der Waals surface area contributed by atoms with Crippen LogP contribution >= 0.6 is 0 Å². The largest absolute Gasteiger partial charge is 0.294 e. The third-order valence-corrected chi connectivity index (χ3v) is 2.58. The van der Waals surface area contributed by atoms with E-state index < -0.39 is 0 Å². The first-order valence-electron chi connectivity index (χ1n) is 4.72. The van der Waals surface area contributed by atoms with Gasteiger partial charge in [-0.2, -0.15) is 0 Å². The van der Waals surface area contributed by atoms with Gasteiger partial charge in [0.2, 0.25) is 0 Å². The van der Waals surface area contributed by atoms with Crippen LogP contribution in [-0.2, 0) is 9.59 Å². The number of nitrogens with zero attached hydrogens (tertiary/aromatic N) is 1. The highest BCUT2D eigenvalue weighted by Gasteiger charge is 2.26. The van der Waals surface area contributed by atoms with Crippen molar-refractivity contribution in [1.29, 1.82) is 0 Å². The molecule has 72 valence electrons. The van der Waals surface area contributed by atoms with E-state index in [9.17, 15) is 9.59 Å². The van der Waals surface area contributed by atoms with Crippen LogP contribution in [0.5, 0.6) is 0 Å². The zero-order valence-electron chi connectivity index (χ0n) is 7.86. The number of benzene rings is 1. The molecule has 0 atom stereocenters. The fourth-order valence-corrected chi connectivity index (χ4v) is 1.95. The third kappa shape index (κ3) is 1.09. The van der Waals surface area contributed by atoms with E-state index in [0.29, 0.717) is 11.3 Å². The number of carbonyl (C=O) groups is 2. The number of allylic oxidation sites excluding steroid dienone is 2. The highest BCUT2D eigenvalue weighted by Crippen LogP contribution is 2.21. The molecule has 1 aliphatic heterocycles. The predicted molar refractivity (Wildman–Crippen MR) is 53.3 cm³/mol. The van der Waals surface area contributed by atoms with Gasteiger partial charge in [0.05, 0.1) is 23.0 Å². The van der Waals surface area contributed by atoms with Gasteiger partial charge in [-0.05, 0) is 6.07 Å². The Kier molecular flexibility index (Phi) is 1.51. The van der Waals surface area contributed by atoms with E-state index in [1.807, 2.05) is 24.3 Å². The first kappa shape index (κ1) is 8.29. The minimum Gasteiger partial charge on any atom is -0.294 e. The van der Waals surface area contributed by atoms with E-state index in [1.165, 1.54) is 6.08 Å². The lowest BCUT2D eigenvalue weighted by Gasteiger charge is -2.07. The Morgan fingerprint density at radius 2 is 1.93 bits per heavy atom. The summed E-state index contributed by atoms with van der Waals surface area (Å²) >= 11 is 0. The first-order valence-corrected chi connectivity index (χ1v) is 4.72. The topological polar surface area (TPSA) is 46.5 Å². The molecule has 0 spiro atoms. The Morgan fingerprint density at radius 3 is 2.80 bits per heavy atom. The fraction of sp³-hybridized carbons (Fsp3) is 0.0833. The molecular weight excluding hydrogens is 190 g/mol. The van der Waals surface area contributed by atoms with Gasteiger partial charge in [0.15, 0.2) is 11.6 Å². The second-order valence-electron chi connectivity index (χ2n) is 3.60. The monoisotopic (exact) mass is 197 g/mol.